The molecule has 0 bridgehead atoms. The minimum absolute atomic E-state index is 0.0342. The minimum atomic E-state index is -0.746. The largest absolute Gasteiger partial charge is 0.481 e. The van der Waals surface area contributed by atoms with Crippen LogP contribution in [-0.4, -0.2) is 35.0 Å². The van der Waals surface area contributed by atoms with Gasteiger partial charge in [0.25, 0.3) is 5.91 Å². The molecule has 2 rings (SSSR count). The molecule has 17 heavy (non-hydrogen) atoms. The lowest BCUT2D eigenvalue weighted by Gasteiger charge is -2.29. The quantitative estimate of drug-likeness (QED) is 0.877. The molecule has 1 N–H and O–H groups in total. The van der Waals surface area contributed by atoms with Crippen molar-refractivity contribution in [1.82, 2.24) is 4.90 Å². The van der Waals surface area contributed by atoms with Crippen LogP contribution in [-0.2, 0) is 4.79 Å². The summed E-state index contributed by atoms with van der Waals surface area (Å²) in [6.07, 6.45) is 1.12. The molecule has 1 aromatic heterocycles. The smallest absolute Gasteiger partial charge is 0.306 e. The van der Waals surface area contributed by atoms with Crippen molar-refractivity contribution in [1.29, 1.82) is 0 Å². The minimum Gasteiger partial charge on any atom is -0.481 e. The van der Waals surface area contributed by atoms with E-state index in [9.17, 15) is 9.59 Å². The Bertz CT molecular complexity index is 433. The number of nitrogens with zero attached hydrogens (tertiary/aromatic N) is 1. The first kappa shape index (κ1) is 12.1. The van der Waals surface area contributed by atoms with Gasteiger partial charge in [0.2, 0.25) is 0 Å². The molecule has 1 amide bonds. The molecule has 2 heterocycles. The molecule has 1 aliphatic rings. The van der Waals surface area contributed by atoms with E-state index in [0.29, 0.717) is 25.9 Å². The van der Waals surface area contributed by atoms with Crippen molar-refractivity contribution < 1.29 is 14.7 Å². The molecule has 1 fully saturated rings. The summed E-state index contributed by atoms with van der Waals surface area (Å²) in [6, 6.07) is 3.77. The second kappa shape index (κ2) is 4.87. The van der Waals surface area contributed by atoms with Crippen molar-refractivity contribution in [3.63, 3.8) is 0 Å². The molecule has 92 valence electrons. The molecule has 5 heteroatoms. The number of carbonyl (C=O) groups is 2. The van der Waals surface area contributed by atoms with E-state index in [1.165, 1.54) is 11.3 Å². The van der Waals surface area contributed by atoms with Crippen molar-refractivity contribution in [2.75, 3.05) is 13.1 Å². The number of carboxylic acids is 1. The predicted molar refractivity (Wildman–Crippen MR) is 65.3 cm³/mol. The summed E-state index contributed by atoms with van der Waals surface area (Å²) >= 11 is 1.49. The highest BCUT2D eigenvalue weighted by molar-refractivity contribution is 7.13. The molecule has 1 aliphatic heterocycles. The van der Waals surface area contributed by atoms with Gasteiger partial charge in [0.05, 0.1) is 10.8 Å². The predicted octanol–water partition coefficient (Wildman–Crippen LogP) is 1.99. The average molecular weight is 253 g/mol. The highest BCUT2D eigenvalue weighted by atomic mass is 32.1. The van der Waals surface area contributed by atoms with Gasteiger partial charge in [-0.05, 0) is 31.9 Å². The van der Waals surface area contributed by atoms with Gasteiger partial charge >= 0.3 is 5.97 Å². The van der Waals surface area contributed by atoms with E-state index in [4.69, 9.17) is 5.11 Å². The van der Waals surface area contributed by atoms with Crippen LogP contribution in [0.5, 0.6) is 0 Å². The van der Waals surface area contributed by atoms with Crippen molar-refractivity contribution in [2.45, 2.75) is 19.8 Å². The maximum atomic E-state index is 12.1. The van der Waals surface area contributed by atoms with E-state index >= 15 is 0 Å². The zero-order valence-electron chi connectivity index (χ0n) is 9.68. The number of aryl methyl sites for hydroxylation is 1. The molecule has 0 atom stereocenters. The summed E-state index contributed by atoms with van der Waals surface area (Å²) in [4.78, 5) is 26.5. The first-order valence-electron chi connectivity index (χ1n) is 5.66. The van der Waals surface area contributed by atoms with Crippen LogP contribution in [0, 0.1) is 12.8 Å². The lowest BCUT2D eigenvalue weighted by Crippen LogP contribution is -2.39. The Morgan fingerprint density at radius 2 is 2.00 bits per heavy atom. The second-order valence-electron chi connectivity index (χ2n) is 4.32. The van der Waals surface area contributed by atoms with E-state index < -0.39 is 5.97 Å². The molecule has 0 aliphatic carbocycles. The number of thiophene rings is 1. The summed E-state index contributed by atoms with van der Waals surface area (Å²) in [5, 5.41) is 8.88. The van der Waals surface area contributed by atoms with E-state index in [0.717, 1.165) is 9.75 Å². The highest BCUT2D eigenvalue weighted by Gasteiger charge is 2.27. The molecule has 1 aromatic rings. The first-order valence-corrected chi connectivity index (χ1v) is 6.48. The molecule has 0 spiro atoms. The number of aliphatic carboxylic acids is 1. The zero-order valence-corrected chi connectivity index (χ0v) is 10.5. The van der Waals surface area contributed by atoms with Crippen LogP contribution >= 0.6 is 11.3 Å². The van der Waals surface area contributed by atoms with Gasteiger partial charge < -0.3 is 10.0 Å². The van der Waals surface area contributed by atoms with Gasteiger partial charge in [0.15, 0.2) is 0 Å². The van der Waals surface area contributed by atoms with Crippen LogP contribution in [0.15, 0.2) is 12.1 Å². The number of likely N-dealkylation sites (tertiary alicyclic amines) is 1. The Balaban J connectivity index is 1.97. The van der Waals surface area contributed by atoms with Gasteiger partial charge in [-0.25, -0.2) is 0 Å². The van der Waals surface area contributed by atoms with E-state index in [1.807, 2.05) is 19.1 Å². The molecule has 4 nitrogen and oxygen atoms in total. The number of carboxylic acid groups (broad SMARTS) is 1. The Morgan fingerprint density at radius 1 is 1.35 bits per heavy atom. The summed E-state index contributed by atoms with van der Waals surface area (Å²) in [5.74, 6) is -1.000. The van der Waals surface area contributed by atoms with Gasteiger partial charge in [-0.15, -0.1) is 11.3 Å². The molecule has 0 saturated carbocycles. The van der Waals surface area contributed by atoms with Crippen LogP contribution in [0.2, 0.25) is 0 Å². The van der Waals surface area contributed by atoms with Crippen LogP contribution < -0.4 is 0 Å². The average Bonchev–Trinajstić information content (AvgIpc) is 2.75. The number of piperidine rings is 1. The number of amides is 1. The Morgan fingerprint density at radius 3 is 2.47 bits per heavy atom. The van der Waals surface area contributed by atoms with Crippen molar-refractivity contribution in [3.8, 4) is 0 Å². The molecular weight excluding hydrogens is 238 g/mol. The van der Waals surface area contributed by atoms with Crippen molar-refractivity contribution in [2.24, 2.45) is 5.92 Å². The lowest BCUT2D eigenvalue weighted by molar-refractivity contribution is -0.143. The Labute approximate surface area is 104 Å². The second-order valence-corrected chi connectivity index (χ2v) is 5.60. The Hall–Kier alpha value is -1.36. The SMILES string of the molecule is Cc1ccc(C(=O)N2CCC(C(=O)O)CC2)s1. The van der Waals surface area contributed by atoms with Crippen molar-refractivity contribution in [3.05, 3.63) is 21.9 Å². The third-order valence-corrected chi connectivity index (χ3v) is 4.07. The summed E-state index contributed by atoms with van der Waals surface area (Å²) in [7, 11) is 0. The van der Waals surface area contributed by atoms with Crippen LogP contribution in [0.25, 0.3) is 0 Å². The normalized spacial score (nSPS) is 17.1. The standard InChI is InChI=1S/C12H15NO3S/c1-8-2-3-10(17-8)11(14)13-6-4-9(5-7-13)12(15)16/h2-3,9H,4-7H2,1H3,(H,15,16). The number of rotatable bonds is 2. The van der Waals surface area contributed by atoms with Gasteiger partial charge in [-0.1, -0.05) is 0 Å². The highest BCUT2D eigenvalue weighted by Crippen LogP contribution is 2.22. The first-order chi connectivity index (χ1) is 8.08. The fraction of sp³-hybridized carbons (Fsp3) is 0.500. The fourth-order valence-electron chi connectivity index (χ4n) is 2.03. The van der Waals surface area contributed by atoms with E-state index in [-0.39, 0.29) is 11.8 Å². The summed E-state index contributed by atoms with van der Waals surface area (Å²) in [6.45, 7) is 3.07. The molecular formula is C12H15NO3S. The zero-order chi connectivity index (χ0) is 12.4. The third kappa shape index (κ3) is 2.66. The van der Waals surface area contributed by atoms with Crippen LogP contribution in [0.3, 0.4) is 0 Å². The van der Waals surface area contributed by atoms with E-state index in [2.05, 4.69) is 0 Å². The van der Waals surface area contributed by atoms with E-state index in [1.54, 1.807) is 4.90 Å². The number of carbonyl (C=O) groups excluding carboxylic acids is 1. The topological polar surface area (TPSA) is 57.6 Å². The van der Waals surface area contributed by atoms with Gasteiger partial charge in [-0.2, -0.15) is 0 Å². The van der Waals surface area contributed by atoms with Crippen LogP contribution in [0.4, 0.5) is 0 Å². The third-order valence-electron chi connectivity index (χ3n) is 3.08. The van der Waals surface area contributed by atoms with Gasteiger partial charge in [0, 0.05) is 18.0 Å². The maximum absolute atomic E-state index is 12.1. The monoisotopic (exact) mass is 253 g/mol. The maximum Gasteiger partial charge on any atom is 0.306 e. The van der Waals surface area contributed by atoms with Crippen molar-refractivity contribution >= 4 is 23.2 Å². The molecule has 0 radical (unpaired) electrons. The number of hydrogen-bond donors (Lipinski definition) is 1. The van der Waals surface area contributed by atoms with Gasteiger partial charge in [0.1, 0.15) is 0 Å². The van der Waals surface area contributed by atoms with Crippen LogP contribution in [0.1, 0.15) is 27.4 Å². The Kier molecular flexibility index (Phi) is 3.47. The summed E-state index contributed by atoms with van der Waals surface area (Å²) < 4.78 is 0. The summed E-state index contributed by atoms with van der Waals surface area (Å²) in [5.41, 5.74) is 0. The molecule has 1 saturated heterocycles. The number of hydrogen-bond acceptors (Lipinski definition) is 3. The lowest BCUT2D eigenvalue weighted by atomic mass is 9.97. The molecule has 0 aromatic carbocycles. The fourth-order valence-corrected chi connectivity index (χ4v) is 2.87. The van der Waals surface area contributed by atoms with Gasteiger partial charge in [-0.3, -0.25) is 9.59 Å². The molecule has 0 unspecified atom stereocenters.